The Kier molecular flexibility index (Phi) is 3.97. The molecule has 0 amide bonds. The number of halogens is 3. The fourth-order valence-electron chi connectivity index (χ4n) is 1.66. The number of Topliss-reactive ketones (excluding diaryl/α,β-unsaturated/α-hetero) is 1. The Morgan fingerprint density at radius 3 is 2.28 bits per heavy atom. The van der Waals surface area contributed by atoms with Crippen molar-refractivity contribution in [3.8, 4) is 11.1 Å². The van der Waals surface area contributed by atoms with Gasteiger partial charge >= 0.3 is 0 Å². The van der Waals surface area contributed by atoms with Gasteiger partial charge in [-0.05, 0) is 30.7 Å². The zero-order valence-corrected chi connectivity index (χ0v) is 12.7. The normalized spacial score (nSPS) is 10.4. The van der Waals surface area contributed by atoms with Crippen molar-refractivity contribution in [2.75, 3.05) is 0 Å². The Bertz CT molecular complexity index is 623. The number of carbonyl (C=O) groups excluding carboxylic acids is 1. The third-order valence-electron chi connectivity index (χ3n) is 2.60. The Hall–Kier alpha value is -1.000. The maximum Gasteiger partial charge on any atom is 0.159 e. The first-order chi connectivity index (χ1) is 8.49. The maximum atomic E-state index is 14.0. The van der Waals surface area contributed by atoms with Crippen LogP contribution in [0.15, 0.2) is 45.3 Å². The first-order valence-corrected chi connectivity index (χ1v) is 6.83. The number of ketones is 1. The molecule has 0 aliphatic heterocycles. The predicted octanol–water partition coefficient (Wildman–Crippen LogP) is 5.22. The minimum absolute atomic E-state index is 0.143. The van der Waals surface area contributed by atoms with E-state index >= 15 is 0 Å². The molecule has 0 N–H and O–H groups in total. The van der Waals surface area contributed by atoms with Crippen LogP contribution >= 0.6 is 31.9 Å². The van der Waals surface area contributed by atoms with Gasteiger partial charge < -0.3 is 0 Å². The second-order valence-corrected chi connectivity index (χ2v) is 5.64. The van der Waals surface area contributed by atoms with E-state index in [1.54, 1.807) is 12.1 Å². The minimum Gasteiger partial charge on any atom is -0.295 e. The second kappa shape index (κ2) is 5.33. The third kappa shape index (κ3) is 2.70. The van der Waals surface area contributed by atoms with Crippen molar-refractivity contribution in [2.24, 2.45) is 0 Å². The van der Waals surface area contributed by atoms with E-state index in [9.17, 15) is 9.18 Å². The number of hydrogen-bond acceptors (Lipinski definition) is 1. The van der Waals surface area contributed by atoms with E-state index < -0.39 is 5.82 Å². The summed E-state index contributed by atoms with van der Waals surface area (Å²) in [7, 11) is 0. The Balaban J connectivity index is 2.54. The van der Waals surface area contributed by atoms with Gasteiger partial charge in [0.1, 0.15) is 5.82 Å². The van der Waals surface area contributed by atoms with Crippen molar-refractivity contribution >= 4 is 37.6 Å². The van der Waals surface area contributed by atoms with Gasteiger partial charge in [-0.3, -0.25) is 4.79 Å². The van der Waals surface area contributed by atoms with Crippen LogP contribution in [0.2, 0.25) is 0 Å². The maximum absolute atomic E-state index is 14.0. The summed E-state index contributed by atoms with van der Waals surface area (Å²) in [6.07, 6.45) is 0. The molecule has 0 atom stereocenters. The van der Waals surface area contributed by atoms with Crippen molar-refractivity contribution in [3.05, 3.63) is 56.7 Å². The van der Waals surface area contributed by atoms with Crippen LogP contribution in [-0.2, 0) is 0 Å². The Labute approximate surface area is 121 Å². The molecule has 0 fully saturated rings. The average Bonchev–Trinajstić information content (AvgIpc) is 2.30. The molecule has 0 aliphatic rings. The summed E-state index contributed by atoms with van der Waals surface area (Å²) in [5.41, 5.74) is 1.61. The standard InChI is InChI=1S/C14H9Br2FO/c1-8(18)9-2-4-12(14(17)6-9)11-5-3-10(15)7-13(11)16/h2-7H,1H3. The van der Waals surface area contributed by atoms with E-state index in [0.29, 0.717) is 11.1 Å². The quantitative estimate of drug-likeness (QED) is 0.661. The first-order valence-electron chi connectivity index (χ1n) is 5.25. The molecule has 2 rings (SSSR count). The second-order valence-electron chi connectivity index (χ2n) is 3.87. The lowest BCUT2D eigenvalue weighted by atomic mass is 10.0. The average molecular weight is 372 g/mol. The molecule has 0 saturated carbocycles. The van der Waals surface area contributed by atoms with Crippen LogP contribution in [0.3, 0.4) is 0 Å². The molecule has 0 unspecified atom stereocenters. The Morgan fingerprint density at radius 1 is 1.06 bits per heavy atom. The van der Waals surface area contributed by atoms with Gasteiger partial charge in [-0.1, -0.05) is 50.1 Å². The molecule has 0 aromatic heterocycles. The largest absolute Gasteiger partial charge is 0.295 e. The van der Waals surface area contributed by atoms with E-state index in [-0.39, 0.29) is 5.78 Å². The van der Waals surface area contributed by atoms with E-state index in [1.165, 1.54) is 13.0 Å². The zero-order chi connectivity index (χ0) is 13.3. The topological polar surface area (TPSA) is 17.1 Å². The van der Waals surface area contributed by atoms with Crippen molar-refractivity contribution in [3.63, 3.8) is 0 Å². The summed E-state index contributed by atoms with van der Waals surface area (Å²) < 4.78 is 15.7. The minimum atomic E-state index is -0.397. The number of rotatable bonds is 2. The molecule has 0 bridgehead atoms. The molecule has 0 radical (unpaired) electrons. The summed E-state index contributed by atoms with van der Waals surface area (Å²) in [5.74, 6) is -0.541. The van der Waals surface area contributed by atoms with Crippen LogP contribution in [0.5, 0.6) is 0 Å². The third-order valence-corrected chi connectivity index (χ3v) is 3.75. The van der Waals surface area contributed by atoms with Crippen LogP contribution in [0, 0.1) is 5.82 Å². The molecule has 0 aliphatic carbocycles. The van der Waals surface area contributed by atoms with Gasteiger partial charge in [-0.25, -0.2) is 4.39 Å². The zero-order valence-electron chi connectivity index (χ0n) is 9.51. The van der Waals surface area contributed by atoms with Crippen LogP contribution in [0.4, 0.5) is 4.39 Å². The molecule has 92 valence electrons. The number of carbonyl (C=O) groups is 1. The molecular weight excluding hydrogens is 363 g/mol. The molecular formula is C14H9Br2FO. The number of hydrogen-bond donors (Lipinski definition) is 0. The summed E-state index contributed by atoms with van der Waals surface area (Å²) in [6.45, 7) is 1.42. The number of benzene rings is 2. The van der Waals surface area contributed by atoms with Crippen molar-refractivity contribution in [1.29, 1.82) is 0 Å². The van der Waals surface area contributed by atoms with Gasteiger partial charge in [0.15, 0.2) is 5.78 Å². The molecule has 2 aromatic carbocycles. The molecule has 0 heterocycles. The van der Waals surface area contributed by atoms with Crippen LogP contribution in [0.25, 0.3) is 11.1 Å². The van der Waals surface area contributed by atoms with Gasteiger partial charge in [0.05, 0.1) is 0 Å². The molecule has 4 heteroatoms. The van der Waals surface area contributed by atoms with Crippen molar-refractivity contribution < 1.29 is 9.18 Å². The molecule has 1 nitrogen and oxygen atoms in total. The van der Waals surface area contributed by atoms with Crippen molar-refractivity contribution in [1.82, 2.24) is 0 Å². The fourth-order valence-corrected chi connectivity index (χ4v) is 2.92. The van der Waals surface area contributed by atoms with E-state index in [4.69, 9.17) is 0 Å². The monoisotopic (exact) mass is 370 g/mol. The Morgan fingerprint density at radius 2 is 1.72 bits per heavy atom. The first kappa shape index (κ1) is 13.4. The summed E-state index contributed by atoms with van der Waals surface area (Å²) in [5, 5.41) is 0. The lowest BCUT2D eigenvalue weighted by molar-refractivity contribution is 0.101. The SMILES string of the molecule is CC(=O)c1ccc(-c2ccc(Br)cc2Br)c(F)c1. The van der Waals surface area contributed by atoms with E-state index in [1.807, 2.05) is 18.2 Å². The van der Waals surface area contributed by atoms with E-state index in [0.717, 1.165) is 14.5 Å². The highest BCUT2D eigenvalue weighted by molar-refractivity contribution is 9.11. The lowest BCUT2D eigenvalue weighted by Crippen LogP contribution is -1.94. The van der Waals surface area contributed by atoms with Gasteiger partial charge in [-0.15, -0.1) is 0 Å². The van der Waals surface area contributed by atoms with Gasteiger partial charge in [0, 0.05) is 20.1 Å². The molecule has 18 heavy (non-hydrogen) atoms. The van der Waals surface area contributed by atoms with Gasteiger partial charge in [0.25, 0.3) is 0 Å². The van der Waals surface area contributed by atoms with Crippen molar-refractivity contribution in [2.45, 2.75) is 6.92 Å². The highest BCUT2D eigenvalue weighted by Crippen LogP contribution is 2.32. The lowest BCUT2D eigenvalue weighted by Gasteiger charge is -2.07. The van der Waals surface area contributed by atoms with Crippen LogP contribution in [-0.4, -0.2) is 5.78 Å². The summed E-state index contributed by atoms with van der Waals surface area (Å²) in [6, 6.07) is 10.0. The highest BCUT2D eigenvalue weighted by atomic mass is 79.9. The van der Waals surface area contributed by atoms with Gasteiger partial charge in [0.2, 0.25) is 0 Å². The predicted molar refractivity (Wildman–Crippen MR) is 77.2 cm³/mol. The van der Waals surface area contributed by atoms with Crippen LogP contribution < -0.4 is 0 Å². The molecule has 0 saturated heterocycles. The fraction of sp³-hybridized carbons (Fsp3) is 0.0714. The molecule has 2 aromatic rings. The van der Waals surface area contributed by atoms with Gasteiger partial charge in [-0.2, -0.15) is 0 Å². The highest BCUT2D eigenvalue weighted by Gasteiger charge is 2.11. The smallest absolute Gasteiger partial charge is 0.159 e. The summed E-state index contributed by atoms with van der Waals surface area (Å²) in [4.78, 5) is 11.2. The van der Waals surface area contributed by atoms with E-state index in [2.05, 4.69) is 31.9 Å². The molecule has 0 spiro atoms. The summed E-state index contributed by atoms with van der Waals surface area (Å²) >= 11 is 6.75. The van der Waals surface area contributed by atoms with Crippen LogP contribution in [0.1, 0.15) is 17.3 Å².